The Morgan fingerprint density at radius 1 is 0.481 bits per heavy atom. The number of nitrogens with zero attached hydrogens (tertiary/aromatic N) is 4. The Balaban J connectivity index is 0.00000109. The second kappa shape index (κ2) is 17.0. The summed E-state index contributed by atoms with van der Waals surface area (Å²) in [7, 11) is 0. The molecule has 2 aliphatic heterocycles. The van der Waals surface area contributed by atoms with E-state index in [0.717, 1.165) is 99.9 Å². The minimum Gasteiger partial charge on any atom is -0.344 e. The van der Waals surface area contributed by atoms with E-state index < -0.39 is 0 Å². The molecule has 2 radical (unpaired) electrons. The van der Waals surface area contributed by atoms with Crippen LogP contribution in [0.25, 0.3) is 22.8 Å². The third-order valence-corrected chi connectivity index (χ3v) is 9.65. The van der Waals surface area contributed by atoms with Crippen molar-refractivity contribution in [2.75, 3.05) is 0 Å². The third-order valence-electron chi connectivity index (χ3n) is 9.65. The molecule has 6 aromatic carbocycles. The summed E-state index contributed by atoms with van der Waals surface area (Å²) >= 11 is 0. The monoisotopic (exact) mass is 748 g/mol. The van der Waals surface area contributed by atoms with Gasteiger partial charge in [0.2, 0.25) is 0 Å². The van der Waals surface area contributed by atoms with Gasteiger partial charge in [-0.15, -0.1) is 5.56 Å². The first-order valence-electron chi connectivity index (χ1n) is 18.4. The van der Waals surface area contributed by atoms with Gasteiger partial charge in [0.1, 0.15) is 0 Å². The van der Waals surface area contributed by atoms with Crippen LogP contribution in [0.4, 0.5) is 0 Å². The normalized spacial score (nSPS) is 14.5. The second-order valence-electron chi connectivity index (χ2n) is 13.4. The first-order valence-corrected chi connectivity index (χ1v) is 18.4. The molecule has 6 aromatic rings. The molecule has 0 aromatic heterocycles. The Morgan fingerprint density at radius 3 is 1.26 bits per heavy atom. The van der Waals surface area contributed by atoms with Crippen LogP contribution in [0.3, 0.4) is 0 Å². The fourth-order valence-electron chi connectivity index (χ4n) is 7.03. The Morgan fingerprint density at radius 2 is 0.852 bits per heavy atom. The van der Waals surface area contributed by atoms with Crippen molar-refractivity contribution in [3.8, 4) is 0 Å². The molecule has 0 atom stereocenters. The maximum Gasteiger partial charge on any atom is 2.00 e. The van der Waals surface area contributed by atoms with Crippen molar-refractivity contribution >= 4 is 34.5 Å². The van der Waals surface area contributed by atoms with Gasteiger partial charge in [-0.25, -0.2) is 20.6 Å². The summed E-state index contributed by atoms with van der Waals surface area (Å²) in [6, 6.07) is 56.1. The first-order chi connectivity index (χ1) is 26.2. The molecule has 2 heterocycles. The van der Waals surface area contributed by atoms with E-state index in [9.17, 15) is 0 Å². The molecular formula is C49H40N4Zn. The standard InChI is InChI=1S/C46H33N4.C3H7.Zn/c1-5-13-35(14-6-1)41-42(36-15-7-2-8-16-36)48-45(47-41)39-29-31-21-22-32-24-26-34(28-27-33(39)25-23-31)40(30-32)46-49-43(37-17-9-3-10-18-37)44(50-46)38-19-11-4-12-20-38;1-3-2;/h1-3,5-20,23-26,29-30H,21-22,27-28H2;1,3H2,2H3;/q2*-1;+2. The van der Waals surface area contributed by atoms with Gasteiger partial charge in [-0.3, -0.25) is 0 Å². The molecule has 0 unspecified atom stereocenters. The molecular weight excluding hydrogens is 710 g/mol. The van der Waals surface area contributed by atoms with Gasteiger partial charge in [0.15, 0.2) is 11.7 Å². The third kappa shape index (κ3) is 7.83. The Hall–Kier alpha value is -5.64. The topological polar surface area (TPSA) is 52.9 Å². The SMILES string of the molecule is [CH2-]CC.[Zn+2].[c-]1ccc(C2=C(c3ccccc3)[N]C(c3cc4ccc3CCc3ccc(cc3C3=NC(c5ccccc5)=C(c5ccccc5)[N]3)CC4)=N2)cc1. The summed E-state index contributed by atoms with van der Waals surface area (Å²) in [5.41, 5.74) is 15.1. The van der Waals surface area contributed by atoms with Crippen molar-refractivity contribution in [2.45, 2.75) is 39.0 Å². The number of aryl methyl sites for hydroxylation is 4. The molecule has 54 heavy (non-hydrogen) atoms. The zero-order valence-electron chi connectivity index (χ0n) is 30.7. The fourth-order valence-corrected chi connectivity index (χ4v) is 7.03. The minimum absolute atomic E-state index is 0. The van der Waals surface area contributed by atoms with Gasteiger partial charge < -0.3 is 6.92 Å². The van der Waals surface area contributed by atoms with Gasteiger partial charge in [0.05, 0.1) is 22.8 Å². The van der Waals surface area contributed by atoms with Crippen LogP contribution >= 0.6 is 0 Å². The smallest absolute Gasteiger partial charge is 0.344 e. The Labute approximate surface area is 332 Å². The summed E-state index contributed by atoms with van der Waals surface area (Å²) in [5, 5.41) is 10.5. The van der Waals surface area contributed by atoms with Gasteiger partial charge in [0.25, 0.3) is 0 Å². The first kappa shape index (κ1) is 36.7. The predicted molar refractivity (Wildman–Crippen MR) is 219 cm³/mol. The molecule has 0 spiro atoms. The van der Waals surface area contributed by atoms with Gasteiger partial charge in [-0.1, -0.05) is 122 Å². The molecule has 4 aliphatic carbocycles. The van der Waals surface area contributed by atoms with E-state index in [1.165, 1.54) is 22.3 Å². The van der Waals surface area contributed by atoms with E-state index in [1.54, 1.807) is 0 Å². The van der Waals surface area contributed by atoms with Crippen molar-refractivity contribution in [1.82, 2.24) is 10.6 Å². The van der Waals surface area contributed by atoms with Crippen LogP contribution in [-0.2, 0) is 45.2 Å². The summed E-state index contributed by atoms with van der Waals surface area (Å²) in [5.74, 6) is 1.55. The summed E-state index contributed by atoms with van der Waals surface area (Å²) in [6.07, 6.45) is 4.49. The number of amidine groups is 2. The molecule has 5 heteroatoms. The molecule has 12 rings (SSSR count). The van der Waals surface area contributed by atoms with Crippen molar-refractivity contribution in [3.05, 3.63) is 220 Å². The van der Waals surface area contributed by atoms with E-state index in [4.69, 9.17) is 20.6 Å². The minimum atomic E-state index is 0. The molecule has 0 saturated heterocycles. The van der Waals surface area contributed by atoms with Gasteiger partial charge in [-0.2, -0.15) is 36.8 Å². The average molecular weight is 750 g/mol. The van der Waals surface area contributed by atoms with E-state index >= 15 is 0 Å². The van der Waals surface area contributed by atoms with Gasteiger partial charge >= 0.3 is 19.5 Å². The van der Waals surface area contributed by atoms with Crippen molar-refractivity contribution in [1.29, 1.82) is 0 Å². The maximum absolute atomic E-state index is 5.24. The molecule has 0 fully saturated rings. The predicted octanol–water partition coefficient (Wildman–Crippen LogP) is 10.4. The van der Waals surface area contributed by atoms with Crippen LogP contribution in [0.15, 0.2) is 162 Å². The van der Waals surface area contributed by atoms with E-state index in [0.29, 0.717) is 0 Å². The van der Waals surface area contributed by atoms with Crippen LogP contribution < -0.4 is 10.6 Å². The second-order valence-corrected chi connectivity index (χ2v) is 13.4. The quantitative estimate of drug-likeness (QED) is 0.120. The largest absolute Gasteiger partial charge is 2.00 e. The van der Waals surface area contributed by atoms with Crippen LogP contribution in [-0.4, -0.2) is 11.7 Å². The number of hydrogen-bond donors (Lipinski definition) is 0. The number of rotatable bonds is 6. The fraction of sp³-hybridized carbons (Fsp3) is 0.122. The van der Waals surface area contributed by atoms with E-state index in [1.807, 2.05) is 37.3 Å². The average Bonchev–Trinajstić information content (AvgIpc) is 3.87. The molecule has 258 valence electrons. The number of benzene rings is 6. The molecule has 0 N–H and O–H groups in total. The van der Waals surface area contributed by atoms with E-state index in [2.05, 4.69) is 134 Å². The van der Waals surface area contributed by atoms with Crippen molar-refractivity contribution < 1.29 is 19.5 Å². The maximum atomic E-state index is 5.24. The van der Waals surface area contributed by atoms with Crippen LogP contribution in [0, 0.1) is 13.0 Å². The molecule has 0 saturated carbocycles. The Bertz CT molecular complexity index is 2190. The van der Waals surface area contributed by atoms with Crippen LogP contribution in [0.1, 0.15) is 69.0 Å². The Kier molecular flexibility index (Phi) is 11.6. The van der Waals surface area contributed by atoms with Gasteiger partial charge in [0, 0.05) is 27.8 Å². The summed E-state index contributed by atoms with van der Waals surface area (Å²) in [4.78, 5) is 10.5. The van der Waals surface area contributed by atoms with Crippen LogP contribution in [0.2, 0.25) is 0 Å². The van der Waals surface area contributed by atoms with Crippen LogP contribution in [0.5, 0.6) is 0 Å². The van der Waals surface area contributed by atoms with Gasteiger partial charge in [-0.05, 0) is 60.1 Å². The number of hydrogen-bond acceptors (Lipinski definition) is 2. The zero-order valence-corrected chi connectivity index (χ0v) is 33.6. The molecule has 4 bridgehead atoms. The summed E-state index contributed by atoms with van der Waals surface area (Å²) in [6.45, 7) is 5.50. The summed E-state index contributed by atoms with van der Waals surface area (Å²) < 4.78 is 0. The van der Waals surface area contributed by atoms with E-state index in [-0.39, 0.29) is 19.5 Å². The van der Waals surface area contributed by atoms with Crippen molar-refractivity contribution in [2.24, 2.45) is 9.98 Å². The van der Waals surface area contributed by atoms with Crippen molar-refractivity contribution in [3.63, 3.8) is 0 Å². The molecule has 6 aliphatic rings. The number of aliphatic imine (C=N–C) groups is 2. The molecule has 4 nitrogen and oxygen atoms in total. The molecule has 0 amide bonds. The zero-order chi connectivity index (χ0) is 36.0.